The molecule has 0 aliphatic heterocycles. The summed E-state index contributed by atoms with van der Waals surface area (Å²) >= 11 is 3.40. The molecule has 1 aromatic carbocycles. The van der Waals surface area contributed by atoms with Gasteiger partial charge in [0.05, 0.1) is 23.1 Å². The molecule has 0 bridgehead atoms. The van der Waals surface area contributed by atoms with Gasteiger partial charge in [0.1, 0.15) is 0 Å². The van der Waals surface area contributed by atoms with E-state index in [-0.39, 0.29) is 5.91 Å². The van der Waals surface area contributed by atoms with Crippen LogP contribution in [-0.2, 0) is 12.8 Å². The lowest BCUT2D eigenvalue weighted by Crippen LogP contribution is -2.13. The van der Waals surface area contributed by atoms with Gasteiger partial charge in [0.15, 0.2) is 5.65 Å². The van der Waals surface area contributed by atoms with E-state index in [0.29, 0.717) is 11.3 Å². The summed E-state index contributed by atoms with van der Waals surface area (Å²) in [5, 5.41) is 10.3. The molecule has 0 aliphatic carbocycles. The Morgan fingerprint density at radius 1 is 1.26 bits per heavy atom. The average Bonchev–Trinajstić information content (AvgIpc) is 3.29. The molecule has 0 fully saturated rings. The van der Waals surface area contributed by atoms with Gasteiger partial charge >= 0.3 is 0 Å². The van der Waals surface area contributed by atoms with Crippen LogP contribution in [0.15, 0.2) is 58.9 Å². The monoisotopic (exact) mass is 394 g/mol. The molecule has 3 aromatic heterocycles. The van der Waals surface area contributed by atoms with Gasteiger partial charge in [-0.05, 0) is 36.6 Å². The molecule has 0 spiro atoms. The van der Waals surface area contributed by atoms with Gasteiger partial charge in [-0.2, -0.15) is 5.10 Å². The second kappa shape index (κ2) is 7.54. The van der Waals surface area contributed by atoms with Crippen molar-refractivity contribution in [2.45, 2.75) is 17.6 Å². The minimum atomic E-state index is -0.132. The molecule has 1 N–H and O–H groups in total. The first-order valence-electron chi connectivity index (χ1n) is 8.47. The molecule has 3 heterocycles. The highest BCUT2D eigenvalue weighted by atomic mass is 32.2. The molecule has 0 radical (unpaired) electrons. The minimum Gasteiger partial charge on any atom is -0.321 e. The molecule has 0 unspecified atom stereocenters. The van der Waals surface area contributed by atoms with Gasteiger partial charge in [0.2, 0.25) is 0 Å². The second-order valence-electron chi connectivity index (χ2n) is 6.12. The lowest BCUT2D eigenvalue weighted by atomic mass is 10.2. The van der Waals surface area contributed by atoms with Crippen LogP contribution in [0, 0.1) is 6.92 Å². The van der Waals surface area contributed by atoms with Crippen LogP contribution in [0.1, 0.15) is 20.9 Å². The summed E-state index contributed by atoms with van der Waals surface area (Å²) in [7, 11) is 1.86. The number of nitrogens with zero attached hydrogens (tertiary/aromatic N) is 3. The number of carbonyl (C=O) groups is 1. The van der Waals surface area contributed by atoms with E-state index in [1.54, 1.807) is 34.0 Å². The first kappa shape index (κ1) is 17.8. The topological polar surface area (TPSA) is 59.8 Å². The van der Waals surface area contributed by atoms with Gasteiger partial charge < -0.3 is 5.32 Å². The van der Waals surface area contributed by atoms with Crippen LogP contribution in [0.2, 0.25) is 0 Å². The molecule has 0 saturated carbocycles. The van der Waals surface area contributed by atoms with E-state index in [4.69, 9.17) is 0 Å². The highest BCUT2D eigenvalue weighted by Crippen LogP contribution is 2.28. The quantitative estimate of drug-likeness (QED) is 0.490. The maximum Gasteiger partial charge on any atom is 0.256 e. The zero-order valence-corrected chi connectivity index (χ0v) is 16.6. The molecule has 4 aromatic rings. The number of fused-ring (bicyclic) bond motifs is 1. The number of thioether (sulfide) groups is 1. The first-order chi connectivity index (χ1) is 13.1. The van der Waals surface area contributed by atoms with Crippen LogP contribution >= 0.6 is 23.1 Å². The molecule has 27 heavy (non-hydrogen) atoms. The van der Waals surface area contributed by atoms with Gasteiger partial charge in [-0.25, -0.2) is 4.98 Å². The van der Waals surface area contributed by atoms with Crippen LogP contribution in [-0.4, -0.2) is 20.7 Å². The van der Waals surface area contributed by atoms with E-state index < -0.39 is 0 Å². The third-order valence-corrected chi connectivity index (χ3v) is 6.38. The van der Waals surface area contributed by atoms with Crippen LogP contribution in [0.25, 0.3) is 11.0 Å². The van der Waals surface area contributed by atoms with Crippen molar-refractivity contribution in [2.24, 2.45) is 7.05 Å². The summed E-state index contributed by atoms with van der Waals surface area (Å²) in [6.45, 7) is 1.94. The van der Waals surface area contributed by atoms with E-state index in [1.807, 2.05) is 50.4 Å². The number of nitrogens with one attached hydrogen (secondary N) is 1. The normalized spacial score (nSPS) is 11.0. The van der Waals surface area contributed by atoms with Gasteiger partial charge in [0.25, 0.3) is 5.91 Å². The van der Waals surface area contributed by atoms with Gasteiger partial charge in [-0.3, -0.25) is 9.48 Å². The number of pyridine rings is 1. The van der Waals surface area contributed by atoms with Gasteiger partial charge in [-0.15, -0.1) is 23.1 Å². The molecular weight excluding hydrogens is 376 g/mol. The zero-order chi connectivity index (χ0) is 18.8. The minimum absolute atomic E-state index is 0.132. The number of thiophene rings is 1. The maximum atomic E-state index is 12.9. The molecule has 0 aliphatic rings. The summed E-state index contributed by atoms with van der Waals surface area (Å²) in [4.78, 5) is 19.5. The third-order valence-electron chi connectivity index (χ3n) is 4.20. The van der Waals surface area contributed by atoms with Crippen LogP contribution in [0.3, 0.4) is 0 Å². The fourth-order valence-electron chi connectivity index (χ4n) is 2.90. The lowest BCUT2D eigenvalue weighted by Gasteiger charge is -2.10. The fraction of sp³-hybridized carbons (Fsp3) is 0.150. The van der Waals surface area contributed by atoms with Crippen molar-refractivity contribution in [3.63, 3.8) is 0 Å². The van der Waals surface area contributed by atoms with Crippen molar-refractivity contribution in [1.82, 2.24) is 14.8 Å². The van der Waals surface area contributed by atoms with Crippen molar-refractivity contribution in [3.8, 4) is 0 Å². The number of hydrogen-bond acceptors (Lipinski definition) is 5. The number of aromatic nitrogens is 3. The summed E-state index contributed by atoms with van der Waals surface area (Å²) in [6.07, 6.45) is 1.67. The molecule has 136 valence electrons. The average molecular weight is 395 g/mol. The molecule has 1 amide bonds. The summed E-state index contributed by atoms with van der Waals surface area (Å²) in [6, 6.07) is 13.8. The molecule has 5 nitrogen and oxygen atoms in total. The Balaban J connectivity index is 1.55. The van der Waals surface area contributed by atoms with E-state index >= 15 is 0 Å². The van der Waals surface area contributed by atoms with E-state index in [0.717, 1.165) is 27.4 Å². The van der Waals surface area contributed by atoms with Crippen molar-refractivity contribution in [1.29, 1.82) is 0 Å². The van der Waals surface area contributed by atoms with Crippen LogP contribution in [0.5, 0.6) is 0 Å². The third kappa shape index (κ3) is 3.74. The highest BCUT2D eigenvalue weighted by molar-refractivity contribution is 7.98. The Kier molecular flexibility index (Phi) is 4.96. The smallest absolute Gasteiger partial charge is 0.256 e. The molecular formula is C20H18N4OS2. The Hall–Kier alpha value is -2.64. The van der Waals surface area contributed by atoms with E-state index in [2.05, 4.69) is 26.8 Å². The van der Waals surface area contributed by atoms with E-state index in [1.165, 1.54) is 4.88 Å². The SMILES string of the molecule is Cc1nn(C)c2ncc(NC(=O)c3ccccc3SCc3cccs3)cc12. The van der Waals surface area contributed by atoms with E-state index in [9.17, 15) is 4.79 Å². The maximum absolute atomic E-state index is 12.9. The number of benzene rings is 1. The van der Waals surface area contributed by atoms with Crippen LogP contribution in [0.4, 0.5) is 5.69 Å². The summed E-state index contributed by atoms with van der Waals surface area (Å²) < 4.78 is 1.74. The largest absolute Gasteiger partial charge is 0.321 e. The van der Waals surface area contributed by atoms with Crippen molar-refractivity contribution in [2.75, 3.05) is 5.32 Å². The Morgan fingerprint density at radius 3 is 2.93 bits per heavy atom. The number of hydrogen-bond donors (Lipinski definition) is 1. The number of amides is 1. The predicted octanol–water partition coefficient (Wildman–Crippen LogP) is 4.88. The second-order valence-corrected chi connectivity index (χ2v) is 8.17. The predicted molar refractivity (Wildman–Crippen MR) is 112 cm³/mol. The van der Waals surface area contributed by atoms with Gasteiger partial charge in [-0.1, -0.05) is 18.2 Å². The molecule has 0 saturated heterocycles. The summed E-state index contributed by atoms with van der Waals surface area (Å²) in [5.41, 5.74) is 3.03. The zero-order valence-electron chi connectivity index (χ0n) is 15.0. The first-order valence-corrected chi connectivity index (χ1v) is 10.3. The van der Waals surface area contributed by atoms with Crippen molar-refractivity contribution in [3.05, 3.63) is 70.2 Å². The molecule has 0 atom stereocenters. The van der Waals surface area contributed by atoms with Gasteiger partial charge in [0, 0.05) is 28.0 Å². The Morgan fingerprint density at radius 2 is 2.11 bits per heavy atom. The number of carbonyl (C=O) groups excluding carboxylic acids is 1. The number of aryl methyl sites for hydroxylation is 2. The van der Waals surface area contributed by atoms with Crippen LogP contribution < -0.4 is 5.32 Å². The molecule has 4 rings (SSSR count). The highest BCUT2D eigenvalue weighted by Gasteiger charge is 2.14. The van der Waals surface area contributed by atoms with Crippen molar-refractivity contribution < 1.29 is 4.79 Å². The fourth-order valence-corrected chi connectivity index (χ4v) is 4.72. The number of rotatable bonds is 5. The number of anilines is 1. The molecule has 7 heteroatoms. The summed E-state index contributed by atoms with van der Waals surface area (Å²) in [5.74, 6) is 0.719. The lowest BCUT2D eigenvalue weighted by molar-refractivity contribution is 0.102. The standard InChI is InChI=1S/C20H18N4OS2/c1-13-17-10-14(11-21-19(17)24(2)23-13)22-20(25)16-7-3-4-8-18(16)27-12-15-6-5-9-26-15/h3-11H,12H2,1-2H3,(H,22,25). The van der Waals surface area contributed by atoms with Crippen molar-refractivity contribution >= 4 is 45.7 Å². The Labute approximate surface area is 165 Å². The Bertz CT molecular complexity index is 1100.